The van der Waals surface area contributed by atoms with Gasteiger partial charge in [-0.1, -0.05) is 26.7 Å². The molecule has 0 amide bonds. The summed E-state index contributed by atoms with van der Waals surface area (Å²) < 4.78 is 8.32. The van der Waals surface area contributed by atoms with E-state index in [9.17, 15) is 0 Å². The number of pyridine rings is 1. The lowest BCUT2D eigenvalue weighted by molar-refractivity contribution is -0.0518. The van der Waals surface area contributed by atoms with Crippen molar-refractivity contribution < 1.29 is 4.74 Å². The zero-order chi connectivity index (χ0) is 17.8. The normalized spacial score (nSPS) is 18.3. The number of aromatic nitrogens is 2. The van der Waals surface area contributed by atoms with Crippen LogP contribution in [0.15, 0.2) is 24.5 Å². The number of hydrogen-bond acceptors (Lipinski definition) is 4. The van der Waals surface area contributed by atoms with E-state index in [1.807, 2.05) is 12.3 Å². The average molecular weight is 345 g/mol. The topological polar surface area (TPSA) is 56.3 Å². The fourth-order valence-corrected chi connectivity index (χ4v) is 4.07. The maximum absolute atomic E-state index is 6.60. The summed E-state index contributed by atoms with van der Waals surface area (Å²) in [7, 11) is 0. The fourth-order valence-electron chi connectivity index (χ4n) is 4.07. The van der Waals surface area contributed by atoms with Gasteiger partial charge in [-0.3, -0.25) is 4.90 Å². The molecule has 1 saturated carbocycles. The highest BCUT2D eigenvalue weighted by Gasteiger charge is 2.25. The maximum Gasteiger partial charge on any atom is 0.141 e. The molecule has 0 aromatic carbocycles. The number of nitrogens with zero attached hydrogens (tertiary/aromatic N) is 3. The van der Waals surface area contributed by atoms with Gasteiger partial charge in [-0.2, -0.15) is 0 Å². The molecule has 2 N–H and O–H groups in total. The number of hydrogen-bond donors (Lipinski definition) is 1. The molecule has 2 atom stereocenters. The molecule has 1 aliphatic rings. The van der Waals surface area contributed by atoms with Crippen LogP contribution in [0.4, 0.5) is 0 Å². The van der Waals surface area contributed by atoms with Crippen LogP contribution in [0.2, 0.25) is 0 Å². The lowest BCUT2D eigenvalue weighted by Crippen LogP contribution is -2.34. The molecule has 1 fully saturated rings. The van der Waals surface area contributed by atoms with Crippen molar-refractivity contribution >= 4 is 11.0 Å². The largest absolute Gasteiger partial charge is 0.359 e. The van der Waals surface area contributed by atoms with Gasteiger partial charge in [-0.05, 0) is 50.9 Å². The molecule has 138 valence electrons. The van der Waals surface area contributed by atoms with Gasteiger partial charge in [0.05, 0.1) is 12.8 Å². The van der Waals surface area contributed by atoms with E-state index in [4.69, 9.17) is 10.5 Å². The van der Waals surface area contributed by atoms with E-state index in [1.165, 1.54) is 31.2 Å². The number of ether oxygens (including phenoxy) is 1. The molecule has 2 heterocycles. The first-order valence-corrected chi connectivity index (χ1v) is 9.71. The summed E-state index contributed by atoms with van der Waals surface area (Å²) in [6, 6.07) is 4.12. The average Bonchev–Trinajstić information content (AvgIpc) is 3.29. The van der Waals surface area contributed by atoms with Crippen LogP contribution in [0.1, 0.15) is 58.2 Å². The molecule has 1 aliphatic carbocycles. The molecule has 5 heteroatoms. The smallest absolute Gasteiger partial charge is 0.141 e. The second-order valence-corrected chi connectivity index (χ2v) is 7.10. The lowest BCUT2D eigenvalue weighted by Gasteiger charge is -2.26. The van der Waals surface area contributed by atoms with E-state index >= 15 is 0 Å². The van der Waals surface area contributed by atoms with Gasteiger partial charge in [0.1, 0.15) is 11.9 Å². The molecule has 2 aromatic heterocycles. The Morgan fingerprint density at radius 3 is 2.72 bits per heavy atom. The quantitative estimate of drug-likeness (QED) is 0.738. The minimum Gasteiger partial charge on any atom is -0.359 e. The van der Waals surface area contributed by atoms with Gasteiger partial charge in [-0.15, -0.1) is 0 Å². The Kier molecular flexibility index (Phi) is 6.10. The van der Waals surface area contributed by atoms with Gasteiger partial charge in [-0.25, -0.2) is 4.98 Å². The van der Waals surface area contributed by atoms with Crippen molar-refractivity contribution in [1.82, 2.24) is 14.5 Å². The Morgan fingerprint density at radius 2 is 2.04 bits per heavy atom. The Balaban J connectivity index is 1.81. The highest BCUT2D eigenvalue weighted by molar-refractivity contribution is 5.80. The molecule has 0 spiro atoms. The van der Waals surface area contributed by atoms with Crippen molar-refractivity contribution in [3.05, 3.63) is 30.1 Å². The third-order valence-electron chi connectivity index (χ3n) is 5.68. The van der Waals surface area contributed by atoms with Gasteiger partial charge in [0.2, 0.25) is 0 Å². The third-order valence-corrected chi connectivity index (χ3v) is 5.68. The van der Waals surface area contributed by atoms with E-state index in [0.717, 1.165) is 24.1 Å². The highest BCUT2D eigenvalue weighted by atomic mass is 16.5. The summed E-state index contributed by atoms with van der Waals surface area (Å²) in [6.07, 6.45) is 9.16. The zero-order valence-electron chi connectivity index (χ0n) is 15.8. The van der Waals surface area contributed by atoms with Crippen LogP contribution < -0.4 is 5.73 Å². The maximum atomic E-state index is 6.60. The Morgan fingerprint density at radius 1 is 1.32 bits per heavy atom. The van der Waals surface area contributed by atoms with Crippen LogP contribution in [0, 0.1) is 5.92 Å². The predicted octanol–water partition coefficient (Wildman–Crippen LogP) is 3.89. The molecule has 25 heavy (non-hydrogen) atoms. The van der Waals surface area contributed by atoms with Crippen molar-refractivity contribution in [2.45, 2.75) is 65.5 Å². The van der Waals surface area contributed by atoms with Gasteiger partial charge in [0, 0.05) is 23.3 Å². The summed E-state index contributed by atoms with van der Waals surface area (Å²) in [5.74, 6) is 0.556. The van der Waals surface area contributed by atoms with Crippen molar-refractivity contribution in [3.63, 3.8) is 0 Å². The first-order valence-electron chi connectivity index (χ1n) is 9.71. The summed E-state index contributed by atoms with van der Waals surface area (Å²) in [6.45, 7) is 9.03. The van der Waals surface area contributed by atoms with E-state index in [2.05, 4.69) is 47.5 Å². The van der Waals surface area contributed by atoms with Gasteiger partial charge in [0.15, 0.2) is 0 Å². The van der Waals surface area contributed by atoms with Crippen molar-refractivity contribution in [2.75, 3.05) is 13.1 Å². The SMILES string of the molecule is CCN(CC)C(C)OCc1cn(C(N)C2CCCC2)c2ncccc12. The summed E-state index contributed by atoms with van der Waals surface area (Å²) in [5, 5.41) is 1.16. The van der Waals surface area contributed by atoms with Crippen LogP contribution >= 0.6 is 0 Å². The van der Waals surface area contributed by atoms with E-state index < -0.39 is 0 Å². The standard InChI is InChI=1S/C20H32N4O/c1-4-23(5-2)15(3)25-14-17-13-24(19(21)16-9-6-7-10-16)20-18(17)11-8-12-22-20/h8,11-13,15-16,19H,4-7,9-10,14,21H2,1-3H3. The van der Waals surface area contributed by atoms with Gasteiger partial charge >= 0.3 is 0 Å². The second-order valence-electron chi connectivity index (χ2n) is 7.10. The molecule has 0 aliphatic heterocycles. The fraction of sp³-hybridized carbons (Fsp3) is 0.650. The van der Waals surface area contributed by atoms with Crippen molar-refractivity contribution in [2.24, 2.45) is 11.7 Å². The van der Waals surface area contributed by atoms with E-state index in [0.29, 0.717) is 12.5 Å². The third kappa shape index (κ3) is 3.89. The molecule has 2 aromatic rings. The van der Waals surface area contributed by atoms with Crippen LogP contribution in [0.3, 0.4) is 0 Å². The molecule has 0 radical (unpaired) electrons. The zero-order valence-corrected chi connectivity index (χ0v) is 15.8. The lowest BCUT2D eigenvalue weighted by atomic mass is 10.1. The van der Waals surface area contributed by atoms with E-state index in [-0.39, 0.29) is 12.4 Å². The highest BCUT2D eigenvalue weighted by Crippen LogP contribution is 2.34. The van der Waals surface area contributed by atoms with Crippen molar-refractivity contribution in [1.29, 1.82) is 0 Å². The minimum atomic E-state index is 0.00820. The Hall–Kier alpha value is -1.43. The number of nitrogens with two attached hydrogens (primary N) is 1. The summed E-state index contributed by atoms with van der Waals surface area (Å²) in [5.41, 5.74) is 8.76. The number of rotatable bonds is 8. The molecular formula is C20H32N4O. The Labute approximate surface area is 151 Å². The molecule has 0 saturated heterocycles. The molecule has 0 bridgehead atoms. The van der Waals surface area contributed by atoms with Gasteiger partial charge in [0.25, 0.3) is 0 Å². The molecule has 2 unspecified atom stereocenters. The van der Waals surface area contributed by atoms with Crippen molar-refractivity contribution in [3.8, 4) is 0 Å². The van der Waals surface area contributed by atoms with E-state index in [1.54, 1.807) is 0 Å². The van der Waals surface area contributed by atoms with Crippen LogP contribution in [-0.2, 0) is 11.3 Å². The van der Waals surface area contributed by atoms with Crippen LogP contribution in [-0.4, -0.2) is 33.8 Å². The molecular weight excluding hydrogens is 312 g/mol. The molecule has 3 rings (SSSR count). The molecule has 5 nitrogen and oxygen atoms in total. The van der Waals surface area contributed by atoms with Crippen LogP contribution in [0.25, 0.3) is 11.0 Å². The monoisotopic (exact) mass is 344 g/mol. The predicted molar refractivity (Wildman–Crippen MR) is 102 cm³/mol. The number of fused-ring (bicyclic) bond motifs is 1. The first-order chi connectivity index (χ1) is 12.2. The minimum absolute atomic E-state index is 0.00820. The summed E-state index contributed by atoms with van der Waals surface area (Å²) >= 11 is 0. The van der Waals surface area contributed by atoms with Gasteiger partial charge < -0.3 is 15.0 Å². The Bertz CT molecular complexity index is 673. The van der Waals surface area contributed by atoms with Crippen LogP contribution in [0.5, 0.6) is 0 Å². The summed E-state index contributed by atoms with van der Waals surface area (Å²) in [4.78, 5) is 6.91. The first kappa shape index (κ1) is 18.4. The second kappa shape index (κ2) is 8.30.